The zero-order valence-corrected chi connectivity index (χ0v) is 29.6. The topological polar surface area (TPSA) is 105 Å². The first kappa shape index (κ1) is 42.2. The molecule has 3 atom stereocenters. The molecule has 0 spiro atoms. The average molecular weight is 634 g/mol. The molecule has 256 valence electrons. The van der Waals surface area contributed by atoms with Crippen molar-refractivity contribution in [2.24, 2.45) is 0 Å². The van der Waals surface area contributed by atoms with Crippen LogP contribution in [0.5, 0.6) is 0 Å². The Kier molecular flexibility index (Phi) is 27.1. The lowest BCUT2D eigenvalue weighted by atomic mass is 10.0. The number of amides is 1. The third kappa shape index (κ3) is 31.0. The van der Waals surface area contributed by atoms with Crippen LogP contribution >= 0.6 is 7.82 Å². The number of hydrogen-bond donors (Lipinski definition) is 3. The van der Waals surface area contributed by atoms with Gasteiger partial charge < -0.3 is 19.8 Å². The Bertz CT molecular complexity index is 728. The summed E-state index contributed by atoms with van der Waals surface area (Å²) >= 11 is 0. The van der Waals surface area contributed by atoms with Crippen molar-refractivity contribution in [1.82, 2.24) is 5.32 Å². The van der Waals surface area contributed by atoms with Crippen molar-refractivity contribution in [3.63, 3.8) is 0 Å². The smallest absolute Gasteiger partial charge is 0.387 e. The predicted molar refractivity (Wildman–Crippen MR) is 180 cm³/mol. The summed E-state index contributed by atoms with van der Waals surface area (Å²) in [5.74, 6) is -0.353. The number of nitrogens with one attached hydrogen (secondary N) is 1. The number of aliphatic hydroxyl groups excluding tert-OH is 1. The Labute approximate surface area is 265 Å². The van der Waals surface area contributed by atoms with E-state index in [1.54, 1.807) is 6.08 Å². The molecule has 3 unspecified atom stereocenters. The number of carbonyl (C=O) groups excluding carboxylic acids is 1. The summed E-state index contributed by atoms with van der Waals surface area (Å²) in [6.07, 6.45) is 30.5. The molecule has 0 aliphatic carbocycles. The van der Waals surface area contributed by atoms with Crippen molar-refractivity contribution in [2.75, 3.05) is 40.9 Å². The number of phosphoric ester groups is 1. The summed E-state index contributed by atoms with van der Waals surface area (Å²) in [5.41, 5.74) is 0. The first-order valence-corrected chi connectivity index (χ1v) is 19.0. The lowest BCUT2D eigenvalue weighted by molar-refractivity contribution is -0.870. The monoisotopic (exact) mass is 633 g/mol. The van der Waals surface area contributed by atoms with Crippen molar-refractivity contribution < 1.29 is 32.9 Å². The van der Waals surface area contributed by atoms with E-state index in [1.165, 1.54) is 122 Å². The zero-order valence-electron chi connectivity index (χ0n) is 28.7. The highest BCUT2D eigenvalue weighted by atomic mass is 31.2. The maximum absolute atomic E-state index is 12.2. The number of likely N-dealkylation sites (N-methyl/N-ethyl adjacent to an activating group) is 1. The SMILES string of the molecule is CCCCCCCCCCCCCCCCCCCCCC/C=C/C(O)C(COP(=O)(O)OCC[N+](C)(C)C)NC(C)=O. The quantitative estimate of drug-likeness (QED) is 0.0306. The molecule has 8 nitrogen and oxygen atoms in total. The second-order valence-electron chi connectivity index (χ2n) is 13.3. The van der Waals surface area contributed by atoms with Crippen LogP contribution in [-0.4, -0.2) is 73.4 Å². The van der Waals surface area contributed by atoms with Gasteiger partial charge in [0.15, 0.2) is 0 Å². The van der Waals surface area contributed by atoms with Crippen molar-refractivity contribution in [1.29, 1.82) is 0 Å². The number of nitrogens with zero attached hydrogens (tertiary/aromatic N) is 1. The summed E-state index contributed by atoms with van der Waals surface area (Å²) in [6.45, 7) is 3.88. The van der Waals surface area contributed by atoms with Gasteiger partial charge in [-0.1, -0.05) is 141 Å². The number of hydrogen-bond acceptors (Lipinski definition) is 5. The first-order chi connectivity index (χ1) is 20.5. The molecule has 0 saturated carbocycles. The molecule has 43 heavy (non-hydrogen) atoms. The molecule has 0 aromatic carbocycles. The van der Waals surface area contributed by atoms with Crippen LogP contribution in [0.15, 0.2) is 12.2 Å². The summed E-state index contributed by atoms with van der Waals surface area (Å²) in [7, 11) is 1.56. The van der Waals surface area contributed by atoms with E-state index in [0.717, 1.165) is 19.3 Å². The number of aliphatic hydroxyl groups is 1. The fourth-order valence-corrected chi connectivity index (χ4v) is 5.75. The van der Waals surface area contributed by atoms with E-state index in [9.17, 15) is 19.4 Å². The van der Waals surface area contributed by atoms with Crippen LogP contribution in [0, 0.1) is 0 Å². The van der Waals surface area contributed by atoms with Crippen molar-refractivity contribution in [2.45, 2.75) is 161 Å². The van der Waals surface area contributed by atoms with Crippen LogP contribution in [0.3, 0.4) is 0 Å². The molecule has 0 aliphatic rings. The Morgan fingerprint density at radius 2 is 1.19 bits per heavy atom. The number of rotatable bonds is 31. The zero-order chi connectivity index (χ0) is 32.2. The molecule has 1 amide bonds. The van der Waals surface area contributed by atoms with Crippen LogP contribution in [-0.2, 0) is 18.4 Å². The molecule has 0 aromatic heterocycles. The molecule has 0 aliphatic heterocycles. The Morgan fingerprint density at radius 1 is 0.767 bits per heavy atom. The van der Waals surface area contributed by atoms with E-state index in [0.29, 0.717) is 11.0 Å². The van der Waals surface area contributed by atoms with E-state index >= 15 is 0 Å². The van der Waals surface area contributed by atoms with E-state index in [1.807, 2.05) is 27.2 Å². The lowest BCUT2D eigenvalue weighted by Gasteiger charge is -2.25. The summed E-state index contributed by atoms with van der Waals surface area (Å²) in [4.78, 5) is 21.5. The highest BCUT2D eigenvalue weighted by Gasteiger charge is 2.27. The number of unbranched alkanes of at least 4 members (excludes halogenated alkanes) is 20. The maximum Gasteiger partial charge on any atom is 0.472 e. The molecular formula is C34H70N2O6P+. The van der Waals surface area contributed by atoms with E-state index in [4.69, 9.17) is 9.05 Å². The molecule has 3 N–H and O–H groups in total. The second-order valence-corrected chi connectivity index (χ2v) is 14.8. The van der Waals surface area contributed by atoms with Crippen molar-refractivity contribution >= 4 is 13.7 Å². The molecule has 0 saturated heterocycles. The van der Waals surface area contributed by atoms with Crippen LogP contribution < -0.4 is 5.32 Å². The first-order valence-electron chi connectivity index (χ1n) is 17.5. The molecule has 9 heteroatoms. The highest BCUT2D eigenvalue weighted by molar-refractivity contribution is 7.47. The number of carbonyl (C=O) groups is 1. The van der Waals surface area contributed by atoms with Gasteiger partial charge in [0.05, 0.1) is 39.9 Å². The third-order valence-electron chi connectivity index (χ3n) is 7.79. The fourth-order valence-electron chi connectivity index (χ4n) is 5.02. The molecular weight excluding hydrogens is 563 g/mol. The van der Waals surface area contributed by atoms with Crippen LogP contribution in [0.1, 0.15) is 149 Å². The molecule has 0 fully saturated rings. The van der Waals surface area contributed by atoms with Gasteiger partial charge in [-0.2, -0.15) is 0 Å². The van der Waals surface area contributed by atoms with E-state index in [-0.39, 0.29) is 19.1 Å². The Balaban J connectivity index is 3.79. The van der Waals surface area contributed by atoms with Crippen molar-refractivity contribution in [3.8, 4) is 0 Å². The van der Waals surface area contributed by atoms with Gasteiger partial charge in [-0.3, -0.25) is 13.8 Å². The highest BCUT2D eigenvalue weighted by Crippen LogP contribution is 2.43. The summed E-state index contributed by atoms with van der Waals surface area (Å²) in [6, 6.07) is -0.842. The molecule has 0 bridgehead atoms. The predicted octanol–water partition coefficient (Wildman–Crippen LogP) is 8.46. The standard InChI is InChI=1S/C34H69N2O6P/c1-6-7-8-9-10-11-12-13-14-15-16-17-18-19-20-21-22-23-24-25-26-27-28-34(38)33(35-32(2)37)31-42-43(39,40)41-30-29-36(3,4)5/h27-28,33-34,38H,6-26,29-31H2,1-5H3,(H-,35,37,39,40)/p+1/b28-27+. The summed E-state index contributed by atoms with van der Waals surface area (Å²) < 4.78 is 22.8. The number of phosphoric acid groups is 1. The summed E-state index contributed by atoms with van der Waals surface area (Å²) in [5, 5.41) is 13.1. The lowest BCUT2D eigenvalue weighted by Crippen LogP contribution is -2.44. The Morgan fingerprint density at radius 3 is 1.58 bits per heavy atom. The minimum atomic E-state index is -4.28. The third-order valence-corrected chi connectivity index (χ3v) is 8.78. The minimum Gasteiger partial charge on any atom is -0.387 e. The molecule has 0 aromatic rings. The van der Waals surface area contributed by atoms with Gasteiger partial charge in [0, 0.05) is 6.92 Å². The van der Waals surface area contributed by atoms with Gasteiger partial charge in [-0.15, -0.1) is 0 Å². The van der Waals surface area contributed by atoms with Crippen molar-refractivity contribution in [3.05, 3.63) is 12.2 Å². The minimum absolute atomic E-state index is 0.0595. The second kappa shape index (κ2) is 27.5. The normalized spacial score (nSPS) is 15.0. The average Bonchev–Trinajstić information content (AvgIpc) is 2.92. The van der Waals surface area contributed by atoms with Gasteiger partial charge in [-0.25, -0.2) is 4.57 Å². The van der Waals surface area contributed by atoms with Crippen LogP contribution in [0.4, 0.5) is 0 Å². The largest absolute Gasteiger partial charge is 0.472 e. The van der Waals surface area contributed by atoms with E-state index in [2.05, 4.69) is 12.2 Å². The van der Waals surface area contributed by atoms with Gasteiger partial charge in [0.1, 0.15) is 13.2 Å². The van der Waals surface area contributed by atoms with Gasteiger partial charge in [0.2, 0.25) is 5.91 Å². The van der Waals surface area contributed by atoms with E-state index < -0.39 is 20.0 Å². The maximum atomic E-state index is 12.2. The Hall–Kier alpha value is -0.760. The number of quaternary nitrogens is 1. The molecule has 0 heterocycles. The van der Waals surface area contributed by atoms with Gasteiger partial charge in [0.25, 0.3) is 0 Å². The number of allylic oxidation sites excluding steroid dienone is 1. The van der Waals surface area contributed by atoms with Gasteiger partial charge >= 0.3 is 7.82 Å². The molecule has 0 radical (unpaired) electrons. The van der Waals surface area contributed by atoms with Gasteiger partial charge in [-0.05, 0) is 12.8 Å². The molecule has 0 rings (SSSR count). The van der Waals surface area contributed by atoms with Crippen LogP contribution in [0.2, 0.25) is 0 Å². The fraction of sp³-hybridized carbons (Fsp3) is 0.912. The van der Waals surface area contributed by atoms with Crippen LogP contribution in [0.25, 0.3) is 0 Å².